The van der Waals surface area contributed by atoms with Gasteiger partial charge in [0.25, 0.3) is 0 Å². The number of hydrogen-bond acceptors (Lipinski definition) is 5. The van der Waals surface area contributed by atoms with Crippen LogP contribution in [0.4, 0.5) is 0 Å². The standard InChI is InChI=1S/C12H8Cl2O5S2/c13-10-4-9(11(14)20-10)21(18,19)5-6-1-2-7(12(16)17)8(15)3-6/h1-4,15H,5H2,(H,16,17). The summed E-state index contributed by atoms with van der Waals surface area (Å²) in [5.74, 6) is -2.22. The first-order valence-corrected chi connectivity index (χ1v) is 8.66. The van der Waals surface area contributed by atoms with Crippen molar-refractivity contribution in [1.29, 1.82) is 0 Å². The zero-order valence-corrected chi connectivity index (χ0v) is 13.4. The number of aromatic carboxylic acids is 1. The molecule has 0 aliphatic heterocycles. The van der Waals surface area contributed by atoms with Crippen LogP contribution in [0.3, 0.4) is 0 Å². The number of rotatable bonds is 4. The van der Waals surface area contributed by atoms with Crippen LogP contribution in [0.5, 0.6) is 5.75 Å². The molecule has 5 nitrogen and oxygen atoms in total. The molecule has 0 fully saturated rings. The van der Waals surface area contributed by atoms with Gasteiger partial charge in [-0.2, -0.15) is 0 Å². The van der Waals surface area contributed by atoms with Gasteiger partial charge >= 0.3 is 5.97 Å². The third-order valence-electron chi connectivity index (χ3n) is 2.61. The lowest BCUT2D eigenvalue weighted by Crippen LogP contribution is -2.05. The SMILES string of the molecule is O=C(O)c1ccc(CS(=O)(=O)c2cc(Cl)sc2Cl)cc1O. The van der Waals surface area contributed by atoms with E-state index in [9.17, 15) is 18.3 Å². The lowest BCUT2D eigenvalue weighted by molar-refractivity contribution is 0.0693. The molecule has 0 radical (unpaired) electrons. The molecule has 9 heteroatoms. The molecule has 2 aromatic rings. The lowest BCUT2D eigenvalue weighted by atomic mass is 10.1. The van der Waals surface area contributed by atoms with Crippen LogP contribution in [-0.2, 0) is 15.6 Å². The topological polar surface area (TPSA) is 91.7 Å². The number of halogens is 2. The summed E-state index contributed by atoms with van der Waals surface area (Å²) >= 11 is 12.5. The van der Waals surface area contributed by atoms with Crippen molar-refractivity contribution in [2.24, 2.45) is 0 Å². The van der Waals surface area contributed by atoms with Crippen LogP contribution >= 0.6 is 34.5 Å². The average molecular weight is 367 g/mol. The molecule has 1 aromatic carbocycles. The molecule has 0 spiro atoms. The van der Waals surface area contributed by atoms with Crippen molar-refractivity contribution >= 4 is 50.3 Å². The largest absolute Gasteiger partial charge is 0.507 e. The molecule has 0 saturated heterocycles. The van der Waals surface area contributed by atoms with Gasteiger partial charge in [-0.05, 0) is 23.8 Å². The molecule has 112 valence electrons. The van der Waals surface area contributed by atoms with Gasteiger partial charge in [0.05, 0.1) is 15.0 Å². The third kappa shape index (κ3) is 3.49. The molecule has 21 heavy (non-hydrogen) atoms. The van der Waals surface area contributed by atoms with E-state index >= 15 is 0 Å². The Kier molecular flexibility index (Phi) is 4.48. The Labute approximate surface area is 134 Å². The number of sulfone groups is 1. The van der Waals surface area contributed by atoms with Gasteiger partial charge in [0.1, 0.15) is 15.6 Å². The summed E-state index contributed by atoms with van der Waals surface area (Å²) < 4.78 is 24.8. The number of carboxylic acid groups (broad SMARTS) is 1. The highest BCUT2D eigenvalue weighted by Crippen LogP contribution is 2.36. The van der Waals surface area contributed by atoms with E-state index < -0.39 is 27.3 Å². The predicted octanol–water partition coefficient (Wildman–Crippen LogP) is 3.43. The van der Waals surface area contributed by atoms with Crippen molar-refractivity contribution in [3.8, 4) is 5.75 Å². The molecular formula is C12H8Cl2O5S2. The number of aromatic hydroxyl groups is 1. The maximum Gasteiger partial charge on any atom is 0.339 e. The van der Waals surface area contributed by atoms with Crippen molar-refractivity contribution in [1.82, 2.24) is 0 Å². The van der Waals surface area contributed by atoms with Gasteiger partial charge < -0.3 is 10.2 Å². The molecule has 0 unspecified atom stereocenters. The van der Waals surface area contributed by atoms with Gasteiger partial charge in [0.2, 0.25) is 0 Å². The zero-order valence-electron chi connectivity index (χ0n) is 10.2. The van der Waals surface area contributed by atoms with Crippen LogP contribution < -0.4 is 0 Å². The number of benzene rings is 1. The normalized spacial score (nSPS) is 11.5. The van der Waals surface area contributed by atoms with Crippen molar-refractivity contribution in [3.63, 3.8) is 0 Å². The minimum absolute atomic E-state index is 0.0615. The first-order chi connectivity index (χ1) is 9.70. The molecule has 0 amide bonds. The van der Waals surface area contributed by atoms with Crippen molar-refractivity contribution in [3.05, 3.63) is 44.1 Å². The van der Waals surface area contributed by atoms with E-state index in [1.54, 1.807) is 0 Å². The summed E-state index contributed by atoms with van der Waals surface area (Å²) in [5.41, 5.74) is -0.0522. The van der Waals surface area contributed by atoms with Crippen LogP contribution in [0.15, 0.2) is 29.2 Å². The summed E-state index contributed by atoms with van der Waals surface area (Å²) in [6.07, 6.45) is 0. The fourth-order valence-electron chi connectivity index (χ4n) is 1.68. The van der Waals surface area contributed by atoms with Gasteiger partial charge in [0, 0.05) is 0 Å². The molecule has 2 rings (SSSR count). The first kappa shape index (κ1) is 16.1. The average Bonchev–Trinajstić information content (AvgIpc) is 2.68. The number of carboxylic acids is 1. The van der Waals surface area contributed by atoms with Crippen LogP contribution in [0, 0.1) is 0 Å². The summed E-state index contributed by atoms with van der Waals surface area (Å²) in [6.45, 7) is 0. The summed E-state index contributed by atoms with van der Waals surface area (Å²) in [4.78, 5) is 10.7. The van der Waals surface area contributed by atoms with Crippen LogP contribution in [-0.4, -0.2) is 24.6 Å². The minimum atomic E-state index is -3.74. The Morgan fingerprint density at radius 3 is 2.38 bits per heavy atom. The fourth-order valence-corrected chi connectivity index (χ4v) is 5.27. The molecule has 0 saturated carbocycles. The van der Waals surface area contributed by atoms with Crippen LogP contribution in [0.1, 0.15) is 15.9 Å². The van der Waals surface area contributed by atoms with Gasteiger partial charge in [0.15, 0.2) is 9.84 Å². The first-order valence-electron chi connectivity index (χ1n) is 5.43. The minimum Gasteiger partial charge on any atom is -0.507 e. The molecule has 0 bridgehead atoms. The molecule has 1 heterocycles. The Balaban J connectivity index is 2.35. The second-order valence-electron chi connectivity index (χ2n) is 4.10. The van der Waals surface area contributed by atoms with Crippen LogP contribution in [0.2, 0.25) is 8.67 Å². The quantitative estimate of drug-likeness (QED) is 0.864. The third-order valence-corrected chi connectivity index (χ3v) is 6.04. The summed E-state index contributed by atoms with van der Waals surface area (Å²) in [7, 11) is -3.74. The zero-order chi connectivity index (χ0) is 15.8. The highest BCUT2D eigenvalue weighted by atomic mass is 35.5. The Bertz CT molecular complexity index is 811. The van der Waals surface area contributed by atoms with Gasteiger partial charge in [-0.1, -0.05) is 29.3 Å². The number of phenols is 1. The van der Waals surface area contributed by atoms with Gasteiger partial charge in [-0.3, -0.25) is 0 Å². The molecule has 0 atom stereocenters. The van der Waals surface area contributed by atoms with E-state index in [0.29, 0.717) is 0 Å². The lowest BCUT2D eigenvalue weighted by Gasteiger charge is -2.05. The van der Waals surface area contributed by atoms with Crippen LogP contribution in [0.25, 0.3) is 0 Å². The monoisotopic (exact) mass is 366 g/mol. The van der Waals surface area contributed by atoms with Gasteiger partial charge in [-0.15, -0.1) is 11.3 Å². The Morgan fingerprint density at radius 1 is 1.24 bits per heavy atom. The number of thiophene rings is 1. The van der Waals surface area contributed by atoms with Gasteiger partial charge in [-0.25, -0.2) is 13.2 Å². The Morgan fingerprint density at radius 2 is 1.90 bits per heavy atom. The second-order valence-corrected chi connectivity index (χ2v) is 8.35. The van der Waals surface area contributed by atoms with E-state index in [1.165, 1.54) is 12.1 Å². The molecule has 2 N–H and O–H groups in total. The smallest absolute Gasteiger partial charge is 0.339 e. The highest BCUT2D eigenvalue weighted by Gasteiger charge is 2.22. The van der Waals surface area contributed by atoms with E-state index in [1.807, 2.05) is 0 Å². The fraction of sp³-hybridized carbons (Fsp3) is 0.0833. The summed E-state index contributed by atoms with van der Waals surface area (Å²) in [6, 6.07) is 4.82. The van der Waals surface area contributed by atoms with Crippen molar-refractivity contribution in [2.75, 3.05) is 0 Å². The molecule has 0 aliphatic carbocycles. The number of carbonyl (C=O) groups is 1. The summed E-state index contributed by atoms with van der Waals surface area (Å²) in [5, 5.41) is 18.4. The maximum absolute atomic E-state index is 12.2. The van der Waals surface area contributed by atoms with Crippen molar-refractivity contribution in [2.45, 2.75) is 10.6 Å². The van der Waals surface area contributed by atoms with E-state index in [0.717, 1.165) is 23.5 Å². The van der Waals surface area contributed by atoms with E-state index in [4.69, 9.17) is 28.3 Å². The molecule has 0 aliphatic rings. The second kappa shape index (κ2) is 5.84. The van der Waals surface area contributed by atoms with Crippen molar-refractivity contribution < 1.29 is 23.4 Å². The maximum atomic E-state index is 12.2. The molecule has 1 aromatic heterocycles. The predicted molar refractivity (Wildman–Crippen MR) is 80.3 cm³/mol. The molecular weight excluding hydrogens is 359 g/mol. The Hall–Kier alpha value is -1.28. The number of hydrogen-bond donors (Lipinski definition) is 2. The highest BCUT2D eigenvalue weighted by molar-refractivity contribution is 7.91. The van der Waals surface area contributed by atoms with E-state index in [2.05, 4.69) is 0 Å². The van der Waals surface area contributed by atoms with E-state index in [-0.39, 0.29) is 24.7 Å².